The summed E-state index contributed by atoms with van der Waals surface area (Å²) in [6.45, 7) is 8.71. The second-order valence-corrected chi connectivity index (χ2v) is 13.6. The summed E-state index contributed by atoms with van der Waals surface area (Å²) in [6.07, 6.45) is 3.33. The van der Waals surface area contributed by atoms with E-state index in [9.17, 15) is 9.59 Å². The molecule has 0 aliphatic carbocycles. The summed E-state index contributed by atoms with van der Waals surface area (Å²) in [5.41, 5.74) is 6.04. The molecule has 6 aromatic rings. The van der Waals surface area contributed by atoms with Crippen molar-refractivity contribution in [2.75, 3.05) is 13.1 Å². The third-order valence-corrected chi connectivity index (χ3v) is 9.29. The van der Waals surface area contributed by atoms with Crippen LogP contribution in [0.5, 0.6) is 0 Å². The van der Waals surface area contributed by atoms with Gasteiger partial charge in [0.05, 0.1) is 28.6 Å². The van der Waals surface area contributed by atoms with Crippen molar-refractivity contribution in [2.24, 2.45) is 0 Å². The van der Waals surface area contributed by atoms with Crippen LogP contribution in [0.15, 0.2) is 54.6 Å². The fourth-order valence-corrected chi connectivity index (χ4v) is 7.16. The molecule has 2 atom stereocenters. The van der Waals surface area contributed by atoms with E-state index in [0.717, 1.165) is 98.9 Å². The van der Waals surface area contributed by atoms with Crippen molar-refractivity contribution in [1.82, 2.24) is 34.7 Å². The summed E-state index contributed by atoms with van der Waals surface area (Å²) in [5, 5.41) is 3.14. The number of carbonyl (C=O) groups excluding carboxylic acids is 2. The summed E-state index contributed by atoms with van der Waals surface area (Å²) >= 11 is 0. The molecule has 0 unspecified atom stereocenters. The normalized spacial score (nSPS) is 18.9. The third-order valence-electron chi connectivity index (χ3n) is 9.29. The SMILES string of the molecule is CC(=O)N1CCC[C@H]1c1nc2ccc3[nH]c(-c4ccc5c(ccc6[nH]c([C@@H]7CCCN7C(=O)OC(C)(C)C)nc65)c4)ccc3c2n1. The number of H-pyrrole nitrogens is 2. The van der Waals surface area contributed by atoms with Crippen LogP contribution in [0.4, 0.5) is 4.79 Å². The zero-order valence-electron chi connectivity index (χ0n) is 26.6. The Hall–Kier alpha value is -4.99. The molecule has 0 spiro atoms. The molecule has 0 saturated carbocycles. The highest BCUT2D eigenvalue weighted by molar-refractivity contribution is 6.06. The fraction of sp³-hybridized carbons (Fsp3) is 0.361. The van der Waals surface area contributed by atoms with E-state index in [2.05, 4.69) is 58.5 Å². The van der Waals surface area contributed by atoms with Crippen molar-refractivity contribution in [3.63, 3.8) is 0 Å². The molecule has 5 heterocycles. The largest absolute Gasteiger partial charge is 0.444 e. The number of fused-ring (bicyclic) bond motifs is 6. The van der Waals surface area contributed by atoms with Crippen LogP contribution in [0.2, 0.25) is 0 Å². The Morgan fingerprint density at radius 3 is 2.37 bits per heavy atom. The molecule has 10 heteroatoms. The van der Waals surface area contributed by atoms with E-state index in [-0.39, 0.29) is 24.1 Å². The summed E-state index contributed by atoms with van der Waals surface area (Å²) in [6, 6.07) is 18.6. The minimum absolute atomic E-state index is 0.0556. The second-order valence-electron chi connectivity index (χ2n) is 13.6. The van der Waals surface area contributed by atoms with Crippen molar-refractivity contribution in [1.29, 1.82) is 0 Å². The van der Waals surface area contributed by atoms with Gasteiger partial charge in [0.15, 0.2) is 5.82 Å². The van der Waals surface area contributed by atoms with Gasteiger partial charge in [-0.2, -0.15) is 0 Å². The standard InChI is InChI=1S/C36H37N7O3/c1-20(44)42-17-5-7-29(42)33-39-28-16-15-26-24(32(28)41-33)12-14-25(37-26)22-9-11-23-21(19-22)10-13-27-31(23)40-34(38-27)30-8-6-18-43(30)35(45)46-36(2,3)4/h9-16,19,29-30,37H,5-8,17-18H2,1-4H3,(H,38,40)/t29-,30-/m0/s1. The van der Waals surface area contributed by atoms with Crippen LogP contribution in [0.1, 0.15) is 77.1 Å². The third kappa shape index (κ3) is 4.83. The number of hydrogen-bond donors (Lipinski definition) is 2. The van der Waals surface area contributed by atoms with Crippen molar-refractivity contribution in [3.05, 3.63) is 66.2 Å². The monoisotopic (exact) mass is 615 g/mol. The quantitative estimate of drug-likeness (QED) is 0.212. The van der Waals surface area contributed by atoms with E-state index < -0.39 is 5.60 Å². The van der Waals surface area contributed by atoms with Gasteiger partial charge < -0.3 is 19.6 Å². The number of pyridine rings is 1. The molecule has 3 aromatic heterocycles. The first-order valence-corrected chi connectivity index (χ1v) is 16.1. The van der Waals surface area contributed by atoms with Crippen molar-refractivity contribution in [3.8, 4) is 11.3 Å². The molecule has 0 radical (unpaired) electrons. The first-order valence-electron chi connectivity index (χ1n) is 16.1. The Bertz CT molecular complexity index is 2180. The lowest BCUT2D eigenvalue weighted by molar-refractivity contribution is -0.129. The number of benzene rings is 3. The van der Waals surface area contributed by atoms with E-state index in [1.54, 1.807) is 11.8 Å². The summed E-state index contributed by atoms with van der Waals surface area (Å²) in [7, 11) is 0. The lowest BCUT2D eigenvalue weighted by Crippen LogP contribution is -2.36. The van der Waals surface area contributed by atoms with Gasteiger partial charge in [0.1, 0.15) is 16.9 Å². The number of nitrogens with zero attached hydrogens (tertiary/aromatic N) is 5. The Morgan fingerprint density at radius 1 is 0.804 bits per heavy atom. The van der Waals surface area contributed by atoms with Gasteiger partial charge in [0.25, 0.3) is 0 Å². The molecule has 2 amide bonds. The maximum absolute atomic E-state index is 12.9. The van der Waals surface area contributed by atoms with Crippen LogP contribution in [0.3, 0.4) is 0 Å². The van der Waals surface area contributed by atoms with E-state index in [1.165, 1.54) is 0 Å². The minimum Gasteiger partial charge on any atom is -0.444 e. The zero-order valence-corrected chi connectivity index (χ0v) is 26.6. The maximum Gasteiger partial charge on any atom is 0.410 e. The van der Waals surface area contributed by atoms with Gasteiger partial charge in [-0.05, 0) is 93.8 Å². The van der Waals surface area contributed by atoms with E-state index >= 15 is 0 Å². The van der Waals surface area contributed by atoms with Crippen LogP contribution in [0, 0.1) is 0 Å². The van der Waals surface area contributed by atoms with Crippen LogP contribution in [-0.4, -0.2) is 65.4 Å². The van der Waals surface area contributed by atoms with Crippen LogP contribution in [-0.2, 0) is 9.53 Å². The highest BCUT2D eigenvalue weighted by atomic mass is 16.6. The number of carbonyl (C=O) groups is 2. The number of likely N-dealkylation sites (tertiary alicyclic amines) is 2. The van der Waals surface area contributed by atoms with E-state index in [0.29, 0.717) is 6.54 Å². The lowest BCUT2D eigenvalue weighted by atomic mass is 10.0. The van der Waals surface area contributed by atoms with Crippen LogP contribution >= 0.6 is 0 Å². The number of nitrogens with one attached hydrogen (secondary N) is 2. The van der Waals surface area contributed by atoms with E-state index in [1.807, 2.05) is 31.7 Å². The van der Waals surface area contributed by atoms with Gasteiger partial charge in [-0.3, -0.25) is 9.69 Å². The molecule has 2 N–H and O–H groups in total. The fourth-order valence-electron chi connectivity index (χ4n) is 7.16. The molecule has 2 aliphatic rings. The van der Waals surface area contributed by atoms with E-state index in [4.69, 9.17) is 19.7 Å². The maximum atomic E-state index is 12.9. The molecular formula is C36H37N7O3. The Morgan fingerprint density at radius 2 is 1.57 bits per heavy atom. The number of ether oxygens (including phenoxy) is 1. The van der Waals surface area contributed by atoms with Crippen molar-refractivity contribution >= 4 is 55.7 Å². The Kier molecular flexibility index (Phi) is 6.53. The highest BCUT2D eigenvalue weighted by Gasteiger charge is 2.35. The van der Waals surface area contributed by atoms with Gasteiger partial charge in [0.2, 0.25) is 5.91 Å². The molecule has 2 aliphatic heterocycles. The van der Waals surface area contributed by atoms with Gasteiger partial charge in [-0.1, -0.05) is 18.2 Å². The van der Waals surface area contributed by atoms with Crippen LogP contribution in [0.25, 0.3) is 55.0 Å². The molecule has 0 bridgehead atoms. The summed E-state index contributed by atoms with van der Waals surface area (Å²) in [4.78, 5) is 50.6. The summed E-state index contributed by atoms with van der Waals surface area (Å²) < 4.78 is 5.68. The minimum atomic E-state index is -0.545. The number of rotatable bonds is 3. The van der Waals surface area contributed by atoms with Gasteiger partial charge in [0, 0.05) is 42.0 Å². The average molecular weight is 616 g/mol. The molecule has 10 nitrogen and oxygen atoms in total. The van der Waals surface area contributed by atoms with Gasteiger partial charge in [-0.25, -0.2) is 19.7 Å². The smallest absolute Gasteiger partial charge is 0.410 e. The average Bonchev–Trinajstić information content (AvgIpc) is 3.84. The predicted molar refractivity (Wildman–Crippen MR) is 178 cm³/mol. The van der Waals surface area contributed by atoms with Gasteiger partial charge >= 0.3 is 6.09 Å². The van der Waals surface area contributed by atoms with Crippen LogP contribution < -0.4 is 0 Å². The molecular weight excluding hydrogens is 578 g/mol. The lowest BCUT2D eigenvalue weighted by Gasteiger charge is -2.27. The second kappa shape index (κ2) is 10.5. The molecule has 234 valence electrons. The number of aromatic nitrogens is 5. The van der Waals surface area contributed by atoms with Crippen molar-refractivity contribution in [2.45, 2.75) is 71.1 Å². The molecule has 2 saturated heterocycles. The van der Waals surface area contributed by atoms with Gasteiger partial charge in [-0.15, -0.1) is 0 Å². The molecule has 2 fully saturated rings. The zero-order chi connectivity index (χ0) is 31.7. The predicted octanol–water partition coefficient (Wildman–Crippen LogP) is 7.56. The summed E-state index contributed by atoms with van der Waals surface area (Å²) in [5.74, 6) is 1.60. The molecule has 8 rings (SSSR count). The number of imidazole rings is 2. The number of hydrogen-bond acceptors (Lipinski definition) is 6. The highest BCUT2D eigenvalue weighted by Crippen LogP contribution is 2.36. The first-order chi connectivity index (χ1) is 22.1. The molecule has 46 heavy (non-hydrogen) atoms. The topological polar surface area (TPSA) is 120 Å². The molecule has 3 aromatic carbocycles. The number of aromatic amines is 2. The van der Waals surface area contributed by atoms with Crippen molar-refractivity contribution < 1.29 is 14.3 Å². The Labute approximate surface area is 266 Å². The first kappa shape index (κ1) is 28.5. The number of amides is 2. The Balaban J connectivity index is 1.10.